The molecule has 2 aliphatic heterocycles. The summed E-state index contributed by atoms with van der Waals surface area (Å²) in [5.74, 6) is 3.13. The number of aromatic nitrogens is 2. The van der Waals surface area contributed by atoms with Crippen molar-refractivity contribution >= 4 is 23.4 Å². The molecule has 0 saturated carbocycles. The minimum absolute atomic E-state index is 0.183. The van der Waals surface area contributed by atoms with Crippen LogP contribution in [-0.4, -0.2) is 94.9 Å². The number of nitrogens with one attached hydrogen (secondary N) is 1. The largest absolute Gasteiger partial charge is 0.493 e. The van der Waals surface area contributed by atoms with E-state index in [1.807, 2.05) is 12.1 Å². The summed E-state index contributed by atoms with van der Waals surface area (Å²) in [5, 5.41) is 11.7. The Labute approximate surface area is 193 Å². The number of methoxy groups -OCH3 is 3. The zero-order chi connectivity index (χ0) is 23.2. The Hall–Kier alpha value is -3.47. The summed E-state index contributed by atoms with van der Waals surface area (Å²) in [6, 6.07) is 7.22. The molecule has 33 heavy (non-hydrogen) atoms. The SMILES string of the molecule is COc1cc(NC(=O)N2CCN(c3ccc(N4CCOCC4)nn3)CC2)cc(OC)c1OC. The van der Waals surface area contributed by atoms with Crippen LogP contribution >= 0.6 is 0 Å². The van der Waals surface area contributed by atoms with Crippen molar-refractivity contribution in [2.24, 2.45) is 0 Å². The van der Waals surface area contributed by atoms with Crippen molar-refractivity contribution in [3.63, 3.8) is 0 Å². The Morgan fingerprint density at radius 2 is 1.39 bits per heavy atom. The van der Waals surface area contributed by atoms with Crippen molar-refractivity contribution in [3.8, 4) is 17.2 Å². The lowest BCUT2D eigenvalue weighted by Gasteiger charge is -2.35. The first-order chi connectivity index (χ1) is 16.1. The molecule has 2 saturated heterocycles. The van der Waals surface area contributed by atoms with E-state index in [9.17, 15) is 4.79 Å². The zero-order valence-corrected chi connectivity index (χ0v) is 19.2. The van der Waals surface area contributed by atoms with Crippen molar-refractivity contribution in [1.29, 1.82) is 0 Å². The van der Waals surface area contributed by atoms with Crippen molar-refractivity contribution < 1.29 is 23.7 Å². The fourth-order valence-corrected chi connectivity index (χ4v) is 3.94. The number of piperazine rings is 1. The average molecular weight is 459 g/mol. The average Bonchev–Trinajstić information content (AvgIpc) is 2.88. The van der Waals surface area contributed by atoms with Gasteiger partial charge in [-0.3, -0.25) is 0 Å². The Kier molecular flexibility index (Phi) is 7.18. The van der Waals surface area contributed by atoms with Gasteiger partial charge in [-0.05, 0) is 12.1 Å². The molecule has 4 rings (SSSR count). The lowest BCUT2D eigenvalue weighted by molar-refractivity contribution is 0.122. The third-order valence-corrected chi connectivity index (χ3v) is 5.78. The van der Waals surface area contributed by atoms with Gasteiger partial charge in [0.25, 0.3) is 0 Å². The Morgan fingerprint density at radius 3 is 1.88 bits per heavy atom. The van der Waals surface area contributed by atoms with Gasteiger partial charge < -0.3 is 39.0 Å². The summed E-state index contributed by atoms with van der Waals surface area (Å²) in [7, 11) is 4.62. The highest BCUT2D eigenvalue weighted by Gasteiger charge is 2.23. The van der Waals surface area contributed by atoms with E-state index in [2.05, 4.69) is 25.3 Å². The second kappa shape index (κ2) is 10.4. The van der Waals surface area contributed by atoms with Gasteiger partial charge in [0.1, 0.15) is 0 Å². The first kappa shape index (κ1) is 22.7. The minimum atomic E-state index is -0.183. The molecule has 0 radical (unpaired) electrons. The van der Waals surface area contributed by atoms with Gasteiger partial charge in [-0.2, -0.15) is 0 Å². The van der Waals surface area contributed by atoms with Gasteiger partial charge in [0.05, 0.1) is 40.2 Å². The number of hydrogen-bond donors (Lipinski definition) is 1. The van der Waals surface area contributed by atoms with E-state index >= 15 is 0 Å². The molecule has 3 heterocycles. The summed E-state index contributed by atoms with van der Waals surface area (Å²) >= 11 is 0. The molecular formula is C22H30N6O5. The van der Waals surface area contributed by atoms with Crippen LogP contribution in [0, 0.1) is 0 Å². The van der Waals surface area contributed by atoms with Gasteiger partial charge in [0, 0.05) is 51.4 Å². The Bertz CT molecular complexity index is 918. The topological polar surface area (TPSA) is 102 Å². The minimum Gasteiger partial charge on any atom is -0.493 e. The first-order valence-electron chi connectivity index (χ1n) is 10.9. The van der Waals surface area contributed by atoms with E-state index in [1.165, 1.54) is 0 Å². The summed E-state index contributed by atoms with van der Waals surface area (Å²) in [4.78, 5) is 18.9. The van der Waals surface area contributed by atoms with Crippen LogP contribution in [0.4, 0.5) is 22.1 Å². The van der Waals surface area contributed by atoms with Crippen LogP contribution in [0.15, 0.2) is 24.3 Å². The molecule has 2 aromatic rings. The van der Waals surface area contributed by atoms with Crippen LogP contribution in [0.5, 0.6) is 17.2 Å². The van der Waals surface area contributed by atoms with Crippen LogP contribution in [-0.2, 0) is 4.74 Å². The van der Waals surface area contributed by atoms with Crippen molar-refractivity contribution in [2.45, 2.75) is 0 Å². The van der Waals surface area contributed by atoms with E-state index in [1.54, 1.807) is 38.4 Å². The smallest absolute Gasteiger partial charge is 0.321 e. The molecule has 1 N–H and O–H groups in total. The van der Waals surface area contributed by atoms with Crippen LogP contribution in [0.1, 0.15) is 0 Å². The standard InChI is InChI=1S/C22H30N6O5/c1-30-17-14-16(15-18(31-2)21(17)32-3)23-22(29)28-8-6-26(7-9-28)19-4-5-20(25-24-19)27-10-12-33-13-11-27/h4-5,14-15H,6-13H2,1-3H3,(H,23,29). The van der Waals surface area contributed by atoms with Gasteiger partial charge >= 0.3 is 6.03 Å². The quantitative estimate of drug-likeness (QED) is 0.693. The predicted octanol–water partition coefficient (Wildman–Crippen LogP) is 1.69. The van der Waals surface area contributed by atoms with E-state index in [0.717, 1.165) is 24.7 Å². The number of anilines is 3. The molecular weight excluding hydrogens is 428 g/mol. The molecule has 0 bridgehead atoms. The maximum atomic E-state index is 12.8. The first-order valence-corrected chi connectivity index (χ1v) is 10.9. The number of amides is 2. The van der Waals surface area contributed by atoms with Crippen molar-refractivity contribution in [1.82, 2.24) is 15.1 Å². The lowest BCUT2D eigenvalue weighted by Crippen LogP contribution is -2.50. The number of hydrogen-bond acceptors (Lipinski definition) is 9. The Balaban J connectivity index is 1.34. The molecule has 1 aromatic carbocycles. The molecule has 1 aromatic heterocycles. The molecule has 11 heteroatoms. The summed E-state index contributed by atoms with van der Waals surface area (Å²) < 4.78 is 21.4. The van der Waals surface area contributed by atoms with E-state index in [-0.39, 0.29) is 6.03 Å². The highest BCUT2D eigenvalue weighted by molar-refractivity contribution is 5.90. The number of morpholine rings is 1. The summed E-state index contributed by atoms with van der Waals surface area (Å²) in [6.45, 7) is 5.57. The van der Waals surface area contributed by atoms with E-state index < -0.39 is 0 Å². The van der Waals surface area contributed by atoms with Gasteiger partial charge in [-0.1, -0.05) is 0 Å². The second-order valence-corrected chi connectivity index (χ2v) is 7.67. The van der Waals surface area contributed by atoms with Crippen LogP contribution < -0.4 is 29.3 Å². The monoisotopic (exact) mass is 458 g/mol. The summed E-state index contributed by atoms with van der Waals surface area (Å²) in [6.07, 6.45) is 0. The highest BCUT2D eigenvalue weighted by Crippen LogP contribution is 2.40. The number of urea groups is 1. The van der Waals surface area contributed by atoms with Crippen LogP contribution in [0.25, 0.3) is 0 Å². The highest BCUT2D eigenvalue weighted by atomic mass is 16.5. The van der Waals surface area contributed by atoms with E-state index in [4.69, 9.17) is 18.9 Å². The maximum Gasteiger partial charge on any atom is 0.321 e. The molecule has 0 spiro atoms. The number of carbonyl (C=O) groups excluding carboxylic acids is 1. The summed E-state index contributed by atoms with van der Waals surface area (Å²) in [5.41, 5.74) is 0.571. The number of nitrogens with zero attached hydrogens (tertiary/aromatic N) is 5. The van der Waals surface area contributed by atoms with Gasteiger partial charge in [-0.15, -0.1) is 10.2 Å². The Morgan fingerprint density at radius 1 is 0.848 bits per heavy atom. The predicted molar refractivity (Wildman–Crippen MR) is 124 cm³/mol. The lowest BCUT2D eigenvalue weighted by atomic mass is 10.2. The van der Waals surface area contributed by atoms with Gasteiger partial charge in [-0.25, -0.2) is 4.79 Å². The number of carbonyl (C=O) groups is 1. The molecule has 11 nitrogen and oxygen atoms in total. The molecule has 2 aliphatic rings. The van der Waals surface area contributed by atoms with Crippen LogP contribution in [0.2, 0.25) is 0 Å². The van der Waals surface area contributed by atoms with Gasteiger partial charge in [0.15, 0.2) is 23.1 Å². The fourth-order valence-electron chi connectivity index (χ4n) is 3.94. The van der Waals surface area contributed by atoms with Crippen LogP contribution in [0.3, 0.4) is 0 Å². The van der Waals surface area contributed by atoms with Crippen molar-refractivity contribution in [3.05, 3.63) is 24.3 Å². The molecule has 0 unspecified atom stereocenters. The third-order valence-electron chi connectivity index (χ3n) is 5.78. The zero-order valence-electron chi connectivity index (χ0n) is 19.2. The van der Waals surface area contributed by atoms with E-state index in [0.29, 0.717) is 62.3 Å². The second-order valence-electron chi connectivity index (χ2n) is 7.67. The molecule has 0 aliphatic carbocycles. The number of ether oxygens (including phenoxy) is 4. The molecule has 2 amide bonds. The third kappa shape index (κ3) is 5.14. The molecule has 178 valence electrons. The number of benzene rings is 1. The fraction of sp³-hybridized carbons (Fsp3) is 0.500. The van der Waals surface area contributed by atoms with Gasteiger partial charge in [0.2, 0.25) is 5.75 Å². The van der Waals surface area contributed by atoms with Crippen molar-refractivity contribution in [2.75, 3.05) is 88.9 Å². The molecule has 0 atom stereocenters. The normalized spacial score (nSPS) is 16.4. The number of rotatable bonds is 6. The maximum absolute atomic E-state index is 12.8. The molecule has 2 fully saturated rings.